The molecule has 0 saturated carbocycles. The maximum Gasteiger partial charge on any atom is 0.407 e. The van der Waals surface area contributed by atoms with Crippen LogP contribution in [-0.2, 0) is 4.74 Å². The van der Waals surface area contributed by atoms with Crippen LogP contribution in [-0.4, -0.2) is 41.1 Å². The van der Waals surface area contributed by atoms with Gasteiger partial charge in [0, 0.05) is 24.1 Å². The number of hydrogen-bond donors (Lipinski definition) is 1. The average molecular weight is 406 g/mol. The summed E-state index contributed by atoms with van der Waals surface area (Å²) in [5.74, 6) is 1.12. The predicted octanol–water partition coefficient (Wildman–Crippen LogP) is 5.76. The lowest BCUT2D eigenvalue weighted by Gasteiger charge is -2.45. The number of rotatable bonds is 1. The molecule has 2 heterocycles. The van der Waals surface area contributed by atoms with Crippen LogP contribution in [0.3, 0.4) is 0 Å². The standard InChI is InChI=1S/C24H43N3O2/c1-21(2,3)17-16-13-15(25-20(28)29-24(10,11)12)14-27(16)19(23(7,8)9)26-18(17)22(4,5)6/h15,18H,13-14H2,1-12H3,(H,25,28). The van der Waals surface area contributed by atoms with Crippen molar-refractivity contribution in [2.45, 2.75) is 107 Å². The monoisotopic (exact) mass is 405 g/mol. The van der Waals surface area contributed by atoms with Crippen LogP contribution in [0.25, 0.3) is 0 Å². The Morgan fingerprint density at radius 3 is 1.93 bits per heavy atom. The third kappa shape index (κ3) is 5.55. The molecular weight excluding hydrogens is 362 g/mol. The first-order chi connectivity index (χ1) is 12.8. The Bertz CT molecular complexity index is 706. The molecule has 1 saturated heterocycles. The van der Waals surface area contributed by atoms with Gasteiger partial charge in [-0.1, -0.05) is 62.3 Å². The Morgan fingerprint density at radius 2 is 1.52 bits per heavy atom. The second kappa shape index (κ2) is 7.31. The Balaban J connectivity index is 2.47. The van der Waals surface area contributed by atoms with Gasteiger partial charge in [-0.05, 0) is 37.2 Å². The Labute approximate surface area is 178 Å². The summed E-state index contributed by atoms with van der Waals surface area (Å²) in [5.41, 5.74) is 2.18. The van der Waals surface area contributed by atoms with Crippen molar-refractivity contribution in [3.8, 4) is 0 Å². The second-order valence-electron chi connectivity index (χ2n) is 12.7. The molecule has 2 atom stereocenters. The van der Waals surface area contributed by atoms with Crippen molar-refractivity contribution < 1.29 is 9.53 Å². The molecule has 166 valence electrons. The number of amides is 1. The molecule has 29 heavy (non-hydrogen) atoms. The van der Waals surface area contributed by atoms with E-state index in [2.05, 4.69) is 72.5 Å². The summed E-state index contributed by atoms with van der Waals surface area (Å²) in [5, 5.41) is 3.10. The Kier molecular flexibility index (Phi) is 5.99. The number of nitrogens with one attached hydrogen (secondary N) is 1. The van der Waals surface area contributed by atoms with Gasteiger partial charge in [-0.15, -0.1) is 0 Å². The number of nitrogens with zero attached hydrogens (tertiary/aromatic N) is 2. The first-order valence-electron chi connectivity index (χ1n) is 10.9. The van der Waals surface area contributed by atoms with E-state index in [-0.39, 0.29) is 34.4 Å². The van der Waals surface area contributed by atoms with Crippen LogP contribution in [0.2, 0.25) is 0 Å². The van der Waals surface area contributed by atoms with Crippen LogP contribution in [0.15, 0.2) is 16.3 Å². The van der Waals surface area contributed by atoms with Gasteiger partial charge < -0.3 is 15.0 Å². The zero-order valence-corrected chi connectivity index (χ0v) is 20.8. The highest BCUT2D eigenvalue weighted by Gasteiger charge is 2.46. The van der Waals surface area contributed by atoms with Gasteiger partial charge in [0.1, 0.15) is 11.4 Å². The Hall–Kier alpha value is -1.52. The summed E-state index contributed by atoms with van der Waals surface area (Å²) < 4.78 is 5.50. The van der Waals surface area contributed by atoms with Gasteiger partial charge >= 0.3 is 6.09 Å². The number of fused-ring (bicyclic) bond motifs is 1. The van der Waals surface area contributed by atoms with Gasteiger partial charge in [0.15, 0.2) is 0 Å². The molecule has 0 aromatic heterocycles. The summed E-state index contributed by atoms with van der Waals surface area (Å²) in [7, 11) is 0. The number of carbonyl (C=O) groups excluding carboxylic acids is 1. The number of alkyl carbamates (subject to hydrolysis) is 1. The van der Waals surface area contributed by atoms with E-state index in [0.717, 1.165) is 18.8 Å². The third-order valence-electron chi connectivity index (χ3n) is 5.28. The van der Waals surface area contributed by atoms with Crippen LogP contribution in [0, 0.1) is 16.2 Å². The molecule has 0 aliphatic carbocycles. The van der Waals surface area contributed by atoms with E-state index in [9.17, 15) is 4.79 Å². The van der Waals surface area contributed by atoms with Gasteiger partial charge in [0.05, 0.1) is 12.1 Å². The van der Waals surface area contributed by atoms with E-state index in [0.29, 0.717) is 0 Å². The van der Waals surface area contributed by atoms with Crippen molar-refractivity contribution in [3.63, 3.8) is 0 Å². The molecular formula is C24H43N3O2. The van der Waals surface area contributed by atoms with Crippen LogP contribution < -0.4 is 5.32 Å². The van der Waals surface area contributed by atoms with Gasteiger partial charge in [0.2, 0.25) is 0 Å². The summed E-state index contributed by atoms with van der Waals surface area (Å²) in [6, 6.07) is 0.145. The molecule has 0 aromatic carbocycles. The SMILES string of the molecule is CC(C)(C)OC(=O)NC1CC2=C(C(C)(C)C)C(C(C)(C)C)N=C(C(C)(C)C)N2C1. The third-order valence-corrected chi connectivity index (χ3v) is 5.28. The summed E-state index contributed by atoms with van der Waals surface area (Å²) >= 11 is 0. The van der Waals surface area contributed by atoms with E-state index in [1.54, 1.807) is 0 Å². The first kappa shape index (κ1) is 23.8. The zero-order chi connectivity index (χ0) is 22.6. The van der Waals surface area contributed by atoms with Crippen molar-refractivity contribution in [2.24, 2.45) is 21.2 Å². The fourth-order valence-corrected chi connectivity index (χ4v) is 4.26. The average Bonchev–Trinajstić information content (AvgIpc) is 2.81. The van der Waals surface area contributed by atoms with Crippen LogP contribution in [0.1, 0.15) is 89.5 Å². The quantitative estimate of drug-likeness (QED) is 0.603. The van der Waals surface area contributed by atoms with E-state index >= 15 is 0 Å². The predicted molar refractivity (Wildman–Crippen MR) is 121 cm³/mol. The molecule has 1 fully saturated rings. The van der Waals surface area contributed by atoms with E-state index in [1.807, 2.05) is 20.8 Å². The molecule has 0 bridgehead atoms. The first-order valence-corrected chi connectivity index (χ1v) is 10.9. The van der Waals surface area contributed by atoms with Crippen LogP contribution in [0.4, 0.5) is 4.79 Å². The minimum absolute atomic E-state index is 0.000741. The topological polar surface area (TPSA) is 53.9 Å². The molecule has 2 aliphatic rings. The van der Waals surface area contributed by atoms with Crippen molar-refractivity contribution in [3.05, 3.63) is 11.3 Å². The lowest BCUT2D eigenvalue weighted by atomic mass is 9.70. The van der Waals surface area contributed by atoms with Gasteiger partial charge in [-0.2, -0.15) is 0 Å². The van der Waals surface area contributed by atoms with Gasteiger partial charge in [-0.25, -0.2) is 4.79 Å². The smallest absolute Gasteiger partial charge is 0.407 e. The minimum atomic E-state index is -0.499. The van der Waals surface area contributed by atoms with E-state index < -0.39 is 5.60 Å². The molecule has 2 aliphatic heterocycles. The highest BCUT2D eigenvalue weighted by Crippen LogP contribution is 2.47. The highest BCUT2D eigenvalue weighted by molar-refractivity contribution is 5.91. The number of hydrogen-bond acceptors (Lipinski definition) is 4. The normalized spacial score (nSPS) is 23.7. The zero-order valence-electron chi connectivity index (χ0n) is 20.8. The van der Waals surface area contributed by atoms with Gasteiger partial charge in [0.25, 0.3) is 0 Å². The molecule has 2 unspecified atom stereocenters. The maximum atomic E-state index is 12.4. The van der Waals surface area contributed by atoms with Crippen molar-refractivity contribution in [2.75, 3.05) is 6.54 Å². The lowest BCUT2D eigenvalue weighted by Crippen LogP contribution is -2.47. The molecule has 2 rings (SSSR count). The van der Waals surface area contributed by atoms with Crippen molar-refractivity contribution in [1.82, 2.24) is 10.2 Å². The molecule has 1 N–H and O–H groups in total. The van der Waals surface area contributed by atoms with Crippen LogP contribution in [0.5, 0.6) is 0 Å². The molecule has 1 amide bonds. The molecule has 5 nitrogen and oxygen atoms in total. The lowest BCUT2D eigenvalue weighted by molar-refractivity contribution is 0.0507. The molecule has 0 radical (unpaired) electrons. The number of aliphatic imine (C=N–C) groups is 1. The number of carbonyl (C=O) groups is 1. The highest BCUT2D eigenvalue weighted by atomic mass is 16.6. The number of amidine groups is 1. The fraction of sp³-hybridized carbons (Fsp3) is 0.833. The van der Waals surface area contributed by atoms with Crippen molar-refractivity contribution >= 4 is 11.9 Å². The number of ether oxygens (including phenoxy) is 1. The molecule has 5 heteroatoms. The van der Waals surface area contributed by atoms with Gasteiger partial charge in [-0.3, -0.25) is 4.99 Å². The minimum Gasteiger partial charge on any atom is -0.444 e. The van der Waals surface area contributed by atoms with Crippen LogP contribution >= 0.6 is 0 Å². The fourth-order valence-electron chi connectivity index (χ4n) is 4.26. The second-order valence-corrected chi connectivity index (χ2v) is 12.7. The summed E-state index contributed by atoms with van der Waals surface area (Å²) in [6.07, 6.45) is 0.468. The van der Waals surface area contributed by atoms with Crippen molar-refractivity contribution in [1.29, 1.82) is 0 Å². The summed E-state index contributed by atoms with van der Waals surface area (Å²) in [6.45, 7) is 26.7. The Morgan fingerprint density at radius 1 is 0.966 bits per heavy atom. The molecule has 0 aromatic rings. The van der Waals surface area contributed by atoms with E-state index in [1.165, 1.54) is 11.3 Å². The molecule has 0 spiro atoms. The van der Waals surface area contributed by atoms with E-state index in [4.69, 9.17) is 9.73 Å². The maximum absolute atomic E-state index is 12.4. The largest absolute Gasteiger partial charge is 0.444 e. The summed E-state index contributed by atoms with van der Waals surface area (Å²) in [4.78, 5) is 20.1.